The van der Waals surface area contributed by atoms with Crippen molar-refractivity contribution in [3.05, 3.63) is 24.0 Å². The number of hydrogen-bond donors (Lipinski definition) is 0. The van der Waals surface area contributed by atoms with Crippen LogP contribution in [0.1, 0.15) is 19.5 Å². The Morgan fingerprint density at radius 2 is 2.33 bits per heavy atom. The van der Waals surface area contributed by atoms with Crippen molar-refractivity contribution in [3.8, 4) is 0 Å². The largest absolute Gasteiger partial charge is 0.298 e. The van der Waals surface area contributed by atoms with Crippen molar-refractivity contribution >= 4 is 16.8 Å². The minimum Gasteiger partial charge on any atom is -0.298 e. The van der Waals surface area contributed by atoms with Gasteiger partial charge in [0, 0.05) is 11.6 Å². The molecule has 78 valence electrons. The predicted octanol–water partition coefficient (Wildman–Crippen LogP) is 1.58. The van der Waals surface area contributed by atoms with Crippen LogP contribution in [0.25, 0.3) is 11.0 Å². The molecule has 0 atom stereocenters. The van der Waals surface area contributed by atoms with Crippen molar-refractivity contribution in [1.82, 2.24) is 14.8 Å². The summed E-state index contributed by atoms with van der Waals surface area (Å²) in [6.45, 7) is 3.91. The second-order valence-electron chi connectivity index (χ2n) is 3.53. The first-order valence-corrected chi connectivity index (χ1v) is 5.02. The third-order valence-electron chi connectivity index (χ3n) is 2.29. The lowest BCUT2D eigenvalue weighted by Crippen LogP contribution is -2.08. The average Bonchev–Trinajstić information content (AvgIpc) is 2.56. The standard InChI is InChI=1S/C11H13N3O/c1-3-10-9-5-4-6-12-11(9)14(13-10)7-8(2)15/h4-6H,3,7H2,1-2H3. The Morgan fingerprint density at radius 3 is 3.00 bits per heavy atom. The number of Topliss-reactive ketones (excluding diaryl/α,β-unsaturated/α-hetero) is 1. The molecule has 0 radical (unpaired) electrons. The molecule has 0 N–H and O–H groups in total. The van der Waals surface area contributed by atoms with Crippen molar-refractivity contribution < 1.29 is 4.79 Å². The number of pyridine rings is 1. The van der Waals surface area contributed by atoms with Gasteiger partial charge >= 0.3 is 0 Å². The molecule has 2 aromatic heterocycles. The Hall–Kier alpha value is -1.71. The number of rotatable bonds is 3. The van der Waals surface area contributed by atoms with Gasteiger partial charge in [-0.25, -0.2) is 9.67 Å². The Kier molecular flexibility index (Phi) is 2.49. The van der Waals surface area contributed by atoms with E-state index in [1.807, 2.05) is 19.1 Å². The molecule has 0 unspecified atom stereocenters. The van der Waals surface area contributed by atoms with E-state index in [9.17, 15) is 4.79 Å². The maximum absolute atomic E-state index is 11.1. The summed E-state index contributed by atoms with van der Waals surface area (Å²) >= 11 is 0. The molecule has 0 saturated carbocycles. The van der Waals surface area contributed by atoms with Crippen molar-refractivity contribution in [2.45, 2.75) is 26.8 Å². The van der Waals surface area contributed by atoms with Gasteiger partial charge in [-0.15, -0.1) is 0 Å². The highest BCUT2D eigenvalue weighted by atomic mass is 16.1. The summed E-state index contributed by atoms with van der Waals surface area (Å²) < 4.78 is 1.68. The van der Waals surface area contributed by atoms with Crippen molar-refractivity contribution in [2.75, 3.05) is 0 Å². The number of aryl methyl sites for hydroxylation is 1. The fourth-order valence-electron chi connectivity index (χ4n) is 1.66. The van der Waals surface area contributed by atoms with E-state index < -0.39 is 0 Å². The van der Waals surface area contributed by atoms with Gasteiger partial charge in [-0.2, -0.15) is 5.10 Å². The zero-order valence-electron chi connectivity index (χ0n) is 8.90. The third kappa shape index (κ3) is 1.75. The molecule has 0 saturated heterocycles. The van der Waals surface area contributed by atoms with Gasteiger partial charge in [0.25, 0.3) is 0 Å². The highest BCUT2D eigenvalue weighted by Crippen LogP contribution is 2.16. The van der Waals surface area contributed by atoms with Gasteiger partial charge < -0.3 is 0 Å². The Bertz CT molecular complexity index is 502. The minimum atomic E-state index is 0.0905. The van der Waals surface area contributed by atoms with Crippen LogP contribution >= 0.6 is 0 Å². The van der Waals surface area contributed by atoms with Gasteiger partial charge in [0.1, 0.15) is 6.54 Å². The maximum Gasteiger partial charge on any atom is 0.158 e. The molecule has 0 bridgehead atoms. The molecule has 4 heteroatoms. The van der Waals surface area contributed by atoms with Crippen LogP contribution in [0, 0.1) is 0 Å². The lowest BCUT2D eigenvalue weighted by Gasteiger charge is -1.97. The first-order valence-electron chi connectivity index (χ1n) is 5.02. The first-order chi connectivity index (χ1) is 7.22. The Morgan fingerprint density at radius 1 is 1.53 bits per heavy atom. The number of fused-ring (bicyclic) bond motifs is 1. The Balaban J connectivity index is 2.59. The van der Waals surface area contributed by atoms with Crippen LogP contribution in [0.15, 0.2) is 18.3 Å². The maximum atomic E-state index is 11.1. The van der Waals surface area contributed by atoms with Crippen molar-refractivity contribution in [3.63, 3.8) is 0 Å². The fraction of sp³-hybridized carbons (Fsp3) is 0.364. The molecule has 0 aliphatic heterocycles. The van der Waals surface area contributed by atoms with Crippen LogP contribution in [-0.2, 0) is 17.8 Å². The molecule has 0 aromatic carbocycles. The molecular weight excluding hydrogens is 190 g/mol. The van der Waals surface area contributed by atoms with Gasteiger partial charge in [0.05, 0.1) is 5.69 Å². The minimum absolute atomic E-state index is 0.0905. The summed E-state index contributed by atoms with van der Waals surface area (Å²) in [6, 6.07) is 3.88. The van der Waals surface area contributed by atoms with Crippen LogP contribution < -0.4 is 0 Å². The number of ketones is 1. The molecule has 15 heavy (non-hydrogen) atoms. The van der Waals surface area contributed by atoms with Crippen LogP contribution in [-0.4, -0.2) is 20.5 Å². The molecule has 0 spiro atoms. The number of aromatic nitrogens is 3. The second kappa shape index (κ2) is 3.81. The average molecular weight is 203 g/mol. The molecule has 0 fully saturated rings. The molecule has 2 aromatic rings. The van der Waals surface area contributed by atoms with E-state index in [1.54, 1.807) is 17.8 Å². The lowest BCUT2D eigenvalue weighted by atomic mass is 10.2. The van der Waals surface area contributed by atoms with Crippen LogP contribution in [0.4, 0.5) is 0 Å². The summed E-state index contributed by atoms with van der Waals surface area (Å²) in [5.41, 5.74) is 1.80. The Labute approximate surface area is 87.9 Å². The fourth-order valence-corrected chi connectivity index (χ4v) is 1.66. The highest BCUT2D eigenvalue weighted by Gasteiger charge is 2.10. The monoisotopic (exact) mass is 203 g/mol. The van der Waals surface area contributed by atoms with Gasteiger partial charge in [0.2, 0.25) is 0 Å². The number of hydrogen-bond acceptors (Lipinski definition) is 3. The quantitative estimate of drug-likeness (QED) is 0.761. The predicted molar refractivity (Wildman–Crippen MR) is 57.6 cm³/mol. The van der Waals surface area contributed by atoms with E-state index in [0.29, 0.717) is 6.54 Å². The van der Waals surface area contributed by atoms with E-state index in [-0.39, 0.29) is 5.78 Å². The van der Waals surface area contributed by atoms with E-state index in [0.717, 1.165) is 23.1 Å². The summed E-state index contributed by atoms with van der Waals surface area (Å²) in [5, 5.41) is 5.42. The van der Waals surface area contributed by atoms with Gasteiger partial charge in [-0.1, -0.05) is 6.92 Å². The van der Waals surface area contributed by atoms with Crippen LogP contribution in [0.2, 0.25) is 0 Å². The van der Waals surface area contributed by atoms with E-state index in [4.69, 9.17) is 0 Å². The summed E-state index contributed by atoms with van der Waals surface area (Å²) in [5.74, 6) is 0.0905. The normalized spacial score (nSPS) is 10.8. The van der Waals surface area contributed by atoms with E-state index in [1.165, 1.54) is 0 Å². The molecule has 0 aliphatic carbocycles. The lowest BCUT2D eigenvalue weighted by molar-refractivity contribution is -0.117. The molecule has 0 amide bonds. The van der Waals surface area contributed by atoms with Gasteiger partial charge in [-0.05, 0) is 25.5 Å². The summed E-state index contributed by atoms with van der Waals surface area (Å²) in [4.78, 5) is 15.3. The third-order valence-corrected chi connectivity index (χ3v) is 2.29. The van der Waals surface area contributed by atoms with Gasteiger partial charge in [-0.3, -0.25) is 4.79 Å². The molecule has 2 rings (SSSR count). The zero-order valence-corrected chi connectivity index (χ0v) is 8.90. The molecule has 0 aliphatic rings. The molecular formula is C11H13N3O. The van der Waals surface area contributed by atoms with Crippen molar-refractivity contribution in [2.24, 2.45) is 0 Å². The number of carbonyl (C=O) groups is 1. The second-order valence-corrected chi connectivity index (χ2v) is 3.53. The smallest absolute Gasteiger partial charge is 0.158 e. The number of nitrogens with zero attached hydrogens (tertiary/aromatic N) is 3. The molecule has 4 nitrogen and oxygen atoms in total. The van der Waals surface area contributed by atoms with E-state index in [2.05, 4.69) is 10.1 Å². The van der Waals surface area contributed by atoms with E-state index >= 15 is 0 Å². The number of carbonyl (C=O) groups excluding carboxylic acids is 1. The first kappa shape index (κ1) is 9.83. The highest BCUT2D eigenvalue weighted by molar-refractivity contribution is 5.81. The topological polar surface area (TPSA) is 47.8 Å². The van der Waals surface area contributed by atoms with Gasteiger partial charge in [0.15, 0.2) is 11.4 Å². The summed E-state index contributed by atoms with van der Waals surface area (Å²) in [6.07, 6.45) is 2.58. The van der Waals surface area contributed by atoms with Crippen molar-refractivity contribution in [1.29, 1.82) is 0 Å². The van der Waals surface area contributed by atoms with Crippen LogP contribution in [0.3, 0.4) is 0 Å². The van der Waals surface area contributed by atoms with Crippen LogP contribution in [0.5, 0.6) is 0 Å². The SMILES string of the molecule is CCc1nn(CC(C)=O)c2ncccc12. The molecule has 2 heterocycles. The zero-order chi connectivity index (χ0) is 10.8. The summed E-state index contributed by atoms with van der Waals surface area (Å²) in [7, 11) is 0.